The molecule has 0 saturated carbocycles. The maximum Gasteiger partial charge on any atom is 0.248 e. The van der Waals surface area contributed by atoms with Crippen molar-refractivity contribution in [3.05, 3.63) is 0 Å². The zero-order valence-electron chi connectivity index (χ0n) is 13.8. The summed E-state index contributed by atoms with van der Waals surface area (Å²) in [6.07, 6.45) is 3.70. The van der Waals surface area contributed by atoms with Crippen LogP contribution in [-0.2, 0) is 9.53 Å². The van der Waals surface area contributed by atoms with Crippen LogP contribution in [0.4, 0.5) is 0 Å². The molecule has 1 unspecified atom stereocenters. The lowest BCUT2D eigenvalue weighted by Gasteiger charge is -2.42. The molecule has 0 bridgehead atoms. The number of amides is 1. The molecule has 3 rings (SSSR count). The van der Waals surface area contributed by atoms with E-state index in [1.54, 1.807) is 0 Å². The fourth-order valence-corrected chi connectivity index (χ4v) is 3.57. The lowest BCUT2D eigenvalue weighted by atomic mass is 10.0. The lowest BCUT2D eigenvalue weighted by Crippen LogP contribution is -2.54. The van der Waals surface area contributed by atoms with Crippen molar-refractivity contribution in [1.82, 2.24) is 20.0 Å². The molecule has 0 aromatic carbocycles. The van der Waals surface area contributed by atoms with E-state index in [4.69, 9.17) is 4.74 Å². The predicted molar refractivity (Wildman–Crippen MR) is 85.9 cm³/mol. The van der Waals surface area contributed by atoms with Crippen LogP contribution in [-0.4, -0.2) is 98.8 Å². The molecule has 3 saturated heterocycles. The van der Waals surface area contributed by atoms with E-state index in [2.05, 4.69) is 22.2 Å². The number of likely N-dealkylation sites (tertiary alicyclic amines) is 1. The van der Waals surface area contributed by atoms with Gasteiger partial charge >= 0.3 is 0 Å². The van der Waals surface area contributed by atoms with Crippen molar-refractivity contribution >= 4 is 5.91 Å². The van der Waals surface area contributed by atoms with Crippen LogP contribution < -0.4 is 5.32 Å². The molecule has 1 atom stereocenters. The Labute approximate surface area is 133 Å². The fourth-order valence-electron chi connectivity index (χ4n) is 3.57. The number of carbonyl (C=O) groups is 1. The van der Waals surface area contributed by atoms with Gasteiger partial charge in [0.25, 0.3) is 0 Å². The van der Waals surface area contributed by atoms with Gasteiger partial charge in [-0.2, -0.15) is 0 Å². The standard InChI is InChI=1S/C16H30N4O2/c1-18-6-3-15(4-7-18)19-8-10-20(11-9-19)16(21)13-22-12-14-2-5-17-14/h14-15,17H,2-13H2,1H3. The number of piperazine rings is 1. The zero-order chi connectivity index (χ0) is 15.4. The molecular formula is C16H30N4O2. The van der Waals surface area contributed by atoms with E-state index < -0.39 is 0 Å². The first kappa shape index (κ1) is 16.2. The molecule has 22 heavy (non-hydrogen) atoms. The third-order valence-electron chi connectivity index (χ3n) is 5.34. The summed E-state index contributed by atoms with van der Waals surface area (Å²) in [5.41, 5.74) is 0. The Balaban J connectivity index is 1.33. The van der Waals surface area contributed by atoms with Crippen LogP contribution in [0.5, 0.6) is 0 Å². The van der Waals surface area contributed by atoms with Crippen molar-refractivity contribution in [3.8, 4) is 0 Å². The molecule has 0 spiro atoms. The molecule has 3 fully saturated rings. The smallest absolute Gasteiger partial charge is 0.248 e. The molecule has 3 aliphatic heterocycles. The summed E-state index contributed by atoms with van der Waals surface area (Å²) in [6.45, 7) is 8.15. The highest BCUT2D eigenvalue weighted by molar-refractivity contribution is 5.77. The minimum Gasteiger partial charge on any atom is -0.370 e. The van der Waals surface area contributed by atoms with Gasteiger partial charge in [-0.15, -0.1) is 0 Å². The van der Waals surface area contributed by atoms with Crippen LogP contribution in [0.3, 0.4) is 0 Å². The second-order valence-electron chi connectivity index (χ2n) is 6.91. The average molecular weight is 310 g/mol. The summed E-state index contributed by atoms with van der Waals surface area (Å²) < 4.78 is 5.53. The number of piperidine rings is 1. The Morgan fingerprint density at radius 2 is 1.77 bits per heavy atom. The fraction of sp³-hybridized carbons (Fsp3) is 0.938. The van der Waals surface area contributed by atoms with E-state index in [-0.39, 0.29) is 12.5 Å². The zero-order valence-corrected chi connectivity index (χ0v) is 13.8. The summed E-state index contributed by atoms with van der Waals surface area (Å²) in [7, 11) is 2.20. The van der Waals surface area contributed by atoms with Crippen molar-refractivity contribution in [1.29, 1.82) is 0 Å². The first-order valence-electron chi connectivity index (χ1n) is 8.74. The Morgan fingerprint density at radius 1 is 1.09 bits per heavy atom. The minimum absolute atomic E-state index is 0.155. The Kier molecular flexibility index (Phi) is 5.68. The van der Waals surface area contributed by atoms with E-state index in [0.29, 0.717) is 12.6 Å². The maximum atomic E-state index is 12.2. The van der Waals surface area contributed by atoms with Crippen LogP contribution in [0.1, 0.15) is 19.3 Å². The van der Waals surface area contributed by atoms with Gasteiger partial charge in [0.2, 0.25) is 5.91 Å². The molecule has 3 aliphatic rings. The Bertz CT molecular complexity index is 359. The molecule has 0 aliphatic carbocycles. The molecule has 3 heterocycles. The number of nitrogens with zero attached hydrogens (tertiary/aromatic N) is 3. The number of ether oxygens (including phenoxy) is 1. The van der Waals surface area contributed by atoms with Gasteiger partial charge < -0.3 is 19.9 Å². The third-order valence-corrected chi connectivity index (χ3v) is 5.34. The SMILES string of the molecule is CN1CCC(N2CCN(C(=O)COCC3CCN3)CC2)CC1. The van der Waals surface area contributed by atoms with Gasteiger partial charge in [0.15, 0.2) is 0 Å². The van der Waals surface area contributed by atoms with Crippen molar-refractivity contribution < 1.29 is 9.53 Å². The van der Waals surface area contributed by atoms with Gasteiger partial charge in [0.1, 0.15) is 6.61 Å². The molecule has 0 radical (unpaired) electrons. The van der Waals surface area contributed by atoms with Gasteiger partial charge in [-0.05, 0) is 45.9 Å². The number of hydrogen-bond acceptors (Lipinski definition) is 5. The highest BCUT2D eigenvalue weighted by Gasteiger charge is 2.28. The summed E-state index contributed by atoms with van der Waals surface area (Å²) in [5.74, 6) is 0.155. The largest absolute Gasteiger partial charge is 0.370 e. The molecular weight excluding hydrogens is 280 g/mol. The second-order valence-corrected chi connectivity index (χ2v) is 6.91. The molecule has 1 amide bonds. The molecule has 1 N–H and O–H groups in total. The first-order chi connectivity index (χ1) is 10.7. The van der Waals surface area contributed by atoms with Gasteiger partial charge in [-0.25, -0.2) is 0 Å². The van der Waals surface area contributed by atoms with Crippen molar-refractivity contribution in [3.63, 3.8) is 0 Å². The number of nitrogens with one attached hydrogen (secondary N) is 1. The molecule has 6 nitrogen and oxygen atoms in total. The Morgan fingerprint density at radius 3 is 2.36 bits per heavy atom. The van der Waals surface area contributed by atoms with Crippen LogP contribution >= 0.6 is 0 Å². The number of carbonyl (C=O) groups excluding carboxylic acids is 1. The highest BCUT2D eigenvalue weighted by atomic mass is 16.5. The van der Waals surface area contributed by atoms with Crippen molar-refractivity contribution in [2.45, 2.75) is 31.3 Å². The minimum atomic E-state index is 0.155. The highest BCUT2D eigenvalue weighted by Crippen LogP contribution is 2.17. The summed E-state index contributed by atoms with van der Waals surface area (Å²) >= 11 is 0. The summed E-state index contributed by atoms with van der Waals surface area (Å²) in [5, 5.41) is 3.28. The first-order valence-corrected chi connectivity index (χ1v) is 8.74. The second kappa shape index (κ2) is 7.73. The van der Waals surface area contributed by atoms with Crippen molar-refractivity contribution in [2.75, 3.05) is 66.1 Å². The van der Waals surface area contributed by atoms with Crippen molar-refractivity contribution in [2.24, 2.45) is 0 Å². The van der Waals surface area contributed by atoms with Crippen LogP contribution in [0.15, 0.2) is 0 Å². The van der Waals surface area contributed by atoms with Crippen LogP contribution in [0, 0.1) is 0 Å². The summed E-state index contributed by atoms with van der Waals surface area (Å²) in [4.78, 5) is 19.1. The topological polar surface area (TPSA) is 48.0 Å². The number of rotatable bonds is 5. The van der Waals surface area contributed by atoms with E-state index in [0.717, 1.165) is 38.8 Å². The molecule has 6 heteroatoms. The van der Waals surface area contributed by atoms with Gasteiger partial charge in [-0.1, -0.05) is 0 Å². The van der Waals surface area contributed by atoms with Crippen LogP contribution in [0.2, 0.25) is 0 Å². The average Bonchev–Trinajstić information content (AvgIpc) is 2.50. The van der Waals surface area contributed by atoms with Gasteiger partial charge in [-0.3, -0.25) is 9.69 Å². The van der Waals surface area contributed by atoms with Gasteiger partial charge in [0, 0.05) is 38.3 Å². The van der Waals surface area contributed by atoms with Gasteiger partial charge in [0.05, 0.1) is 6.61 Å². The number of hydrogen-bond donors (Lipinski definition) is 1. The normalized spacial score (nSPS) is 28.6. The van der Waals surface area contributed by atoms with Crippen LogP contribution in [0.25, 0.3) is 0 Å². The molecule has 0 aromatic rings. The van der Waals surface area contributed by atoms with E-state index in [9.17, 15) is 4.79 Å². The maximum absolute atomic E-state index is 12.2. The molecule has 126 valence electrons. The van der Waals surface area contributed by atoms with E-state index in [1.807, 2.05) is 4.90 Å². The quantitative estimate of drug-likeness (QED) is 0.749. The monoisotopic (exact) mass is 310 g/mol. The van der Waals surface area contributed by atoms with E-state index in [1.165, 1.54) is 32.4 Å². The Hall–Kier alpha value is -0.690. The molecule has 0 aromatic heterocycles. The lowest BCUT2D eigenvalue weighted by molar-refractivity contribution is -0.138. The van der Waals surface area contributed by atoms with E-state index >= 15 is 0 Å². The summed E-state index contributed by atoms with van der Waals surface area (Å²) in [6, 6.07) is 1.18. The third kappa shape index (κ3) is 4.19. The predicted octanol–water partition coefficient (Wildman–Crippen LogP) is -0.397.